The summed E-state index contributed by atoms with van der Waals surface area (Å²) in [6, 6.07) is -0.0663. The number of hydrogen-bond acceptors (Lipinski definition) is 4. The zero-order valence-electron chi connectivity index (χ0n) is 6.72. The molecule has 1 aliphatic heterocycles. The molecule has 0 aliphatic carbocycles. The molecule has 0 amide bonds. The van der Waals surface area contributed by atoms with Gasteiger partial charge in [-0.15, -0.1) is 0 Å². The molecular formula is C7H14N2O2. The van der Waals surface area contributed by atoms with Crippen LogP contribution < -0.4 is 10.6 Å². The van der Waals surface area contributed by atoms with Gasteiger partial charge < -0.3 is 15.4 Å². The molecule has 1 rings (SSSR count). The van der Waals surface area contributed by atoms with Crippen LogP contribution in [0.25, 0.3) is 0 Å². The highest BCUT2D eigenvalue weighted by atomic mass is 16.5. The average Bonchev–Trinajstić information content (AvgIpc) is 2.37. The van der Waals surface area contributed by atoms with Gasteiger partial charge in [-0.05, 0) is 7.05 Å². The van der Waals surface area contributed by atoms with Crippen LogP contribution in [-0.4, -0.2) is 38.8 Å². The smallest absolute Gasteiger partial charge is 0.323 e. The highest BCUT2D eigenvalue weighted by Gasteiger charge is 2.24. The fraction of sp³-hybridized carbons (Fsp3) is 0.857. The quantitative estimate of drug-likeness (QED) is 0.412. The van der Waals surface area contributed by atoms with Gasteiger partial charge in [0.25, 0.3) is 0 Å². The minimum Gasteiger partial charge on any atom is -0.464 e. The lowest BCUT2D eigenvalue weighted by Crippen LogP contribution is -2.37. The Hall–Kier alpha value is -0.610. The van der Waals surface area contributed by atoms with E-state index >= 15 is 0 Å². The highest BCUT2D eigenvalue weighted by Crippen LogP contribution is 2.04. The monoisotopic (exact) mass is 158 g/mol. The Kier molecular flexibility index (Phi) is 3.32. The van der Waals surface area contributed by atoms with Crippen LogP contribution in [0.1, 0.15) is 6.42 Å². The molecule has 1 atom stereocenters. The molecule has 11 heavy (non-hydrogen) atoms. The lowest BCUT2D eigenvalue weighted by atomic mass is 10.2. The van der Waals surface area contributed by atoms with Crippen molar-refractivity contribution in [1.29, 1.82) is 0 Å². The van der Waals surface area contributed by atoms with Gasteiger partial charge in [0.2, 0.25) is 0 Å². The Balaban J connectivity index is 2.10. The first-order valence-corrected chi connectivity index (χ1v) is 3.89. The van der Waals surface area contributed by atoms with Crippen LogP contribution in [0.2, 0.25) is 0 Å². The standard InChI is InChI=1S/C7H14N2O2/c1-8-3-4-9-6-2-5-11-7(6)10/h6,8-9H,2-5H2,1H3. The van der Waals surface area contributed by atoms with Crippen LogP contribution in [0.4, 0.5) is 0 Å². The first-order valence-electron chi connectivity index (χ1n) is 3.89. The molecule has 0 spiro atoms. The van der Waals surface area contributed by atoms with Crippen molar-refractivity contribution >= 4 is 5.97 Å². The molecule has 0 radical (unpaired) electrons. The fourth-order valence-electron chi connectivity index (χ4n) is 1.05. The maximum absolute atomic E-state index is 10.9. The molecule has 0 saturated carbocycles. The lowest BCUT2D eigenvalue weighted by Gasteiger charge is -2.06. The average molecular weight is 158 g/mol. The van der Waals surface area contributed by atoms with Gasteiger partial charge in [0.05, 0.1) is 6.61 Å². The van der Waals surface area contributed by atoms with Crippen LogP contribution in [0.5, 0.6) is 0 Å². The Morgan fingerprint density at radius 2 is 2.45 bits per heavy atom. The first-order chi connectivity index (χ1) is 5.34. The summed E-state index contributed by atoms with van der Waals surface area (Å²) in [6.45, 7) is 2.26. The number of carbonyl (C=O) groups is 1. The molecule has 4 nitrogen and oxygen atoms in total. The number of nitrogens with one attached hydrogen (secondary N) is 2. The van der Waals surface area contributed by atoms with Gasteiger partial charge in [0.1, 0.15) is 6.04 Å². The molecule has 1 heterocycles. The normalized spacial score (nSPS) is 23.7. The molecule has 1 unspecified atom stereocenters. The third kappa shape index (κ3) is 2.48. The number of ether oxygens (including phenoxy) is 1. The minimum atomic E-state index is -0.110. The fourth-order valence-corrected chi connectivity index (χ4v) is 1.05. The molecular weight excluding hydrogens is 144 g/mol. The van der Waals surface area contributed by atoms with E-state index in [-0.39, 0.29) is 12.0 Å². The van der Waals surface area contributed by atoms with E-state index in [2.05, 4.69) is 10.6 Å². The second-order valence-electron chi connectivity index (χ2n) is 2.57. The molecule has 1 aliphatic rings. The van der Waals surface area contributed by atoms with E-state index in [9.17, 15) is 4.79 Å². The maximum atomic E-state index is 10.9. The van der Waals surface area contributed by atoms with Crippen LogP contribution >= 0.6 is 0 Å². The van der Waals surface area contributed by atoms with Crippen molar-refractivity contribution in [2.45, 2.75) is 12.5 Å². The summed E-state index contributed by atoms with van der Waals surface area (Å²) in [5.41, 5.74) is 0. The number of cyclic esters (lactones) is 1. The third-order valence-corrected chi connectivity index (χ3v) is 1.70. The largest absolute Gasteiger partial charge is 0.464 e. The topological polar surface area (TPSA) is 50.4 Å². The SMILES string of the molecule is CNCCNC1CCOC1=O. The Morgan fingerprint density at radius 3 is 3.00 bits per heavy atom. The minimum absolute atomic E-state index is 0.0663. The third-order valence-electron chi connectivity index (χ3n) is 1.70. The maximum Gasteiger partial charge on any atom is 0.323 e. The van der Waals surface area contributed by atoms with E-state index in [1.165, 1.54) is 0 Å². The van der Waals surface area contributed by atoms with Gasteiger partial charge >= 0.3 is 5.97 Å². The Morgan fingerprint density at radius 1 is 1.64 bits per heavy atom. The number of likely N-dealkylation sites (N-methyl/N-ethyl adjacent to an activating group) is 1. The molecule has 0 bridgehead atoms. The molecule has 0 aromatic rings. The van der Waals surface area contributed by atoms with E-state index in [1.807, 2.05) is 7.05 Å². The van der Waals surface area contributed by atoms with E-state index < -0.39 is 0 Å². The number of hydrogen-bond donors (Lipinski definition) is 2. The summed E-state index contributed by atoms with van der Waals surface area (Å²) in [4.78, 5) is 10.9. The van der Waals surface area contributed by atoms with Crippen LogP contribution in [-0.2, 0) is 9.53 Å². The zero-order valence-corrected chi connectivity index (χ0v) is 6.72. The van der Waals surface area contributed by atoms with Crippen LogP contribution in [0.15, 0.2) is 0 Å². The second-order valence-corrected chi connectivity index (χ2v) is 2.57. The molecule has 1 fully saturated rings. The first kappa shape index (κ1) is 8.49. The molecule has 1 saturated heterocycles. The van der Waals surface area contributed by atoms with E-state index in [4.69, 9.17) is 4.74 Å². The highest BCUT2D eigenvalue weighted by molar-refractivity contribution is 5.77. The van der Waals surface area contributed by atoms with E-state index in [0.29, 0.717) is 6.61 Å². The van der Waals surface area contributed by atoms with Crippen molar-refractivity contribution < 1.29 is 9.53 Å². The van der Waals surface area contributed by atoms with Gasteiger partial charge in [-0.1, -0.05) is 0 Å². The Labute approximate surface area is 66.3 Å². The molecule has 4 heteroatoms. The zero-order chi connectivity index (χ0) is 8.10. The van der Waals surface area contributed by atoms with Crippen molar-refractivity contribution in [2.75, 3.05) is 26.7 Å². The molecule has 0 aromatic heterocycles. The summed E-state index contributed by atoms with van der Waals surface area (Å²) >= 11 is 0. The van der Waals surface area contributed by atoms with Gasteiger partial charge in [0.15, 0.2) is 0 Å². The summed E-state index contributed by atoms with van der Waals surface area (Å²) in [5.74, 6) is -0.110. The summed E-state index contributed by atoms with van der Waals surface area (Å²) in [7, 11) is 1.88. The van der Waals surface area contributed by atoms with Gasteiger partial charge in [-0.3, -0.25) is 4.79 Å². The number of rotatable bonds is 4. The van der Waals surface area contributed by atoms with Crippen molar-refractivity contribution in [1.82, 2.24) is 10.6 Å². The van der Waals surface area contributed by atoms with Crippen molar-refractivity contribution in [3.8, 4) is 0 Å². The van der Waals surface area contributed by atoms with Gasteiger partial charge in [0, 0.05) is 19.5 Å². The predicted octanol–water partition coefficient (Wildman–Crippen LogP) is -0.889. The Bertz CT molecular complexity index is 138. The van der Waals surface area contributed by atoms with Crippen molar-refractivity contribution in [3.05, 3.63) is 0 Å². The second kappa shape index (κ2) is 4.31. The molecule has 0 aromatic carbocycles. The van der Waals surface area contributed by atoms with Crippen molar-refractivity contribution in [2.24, 2.45) is 0 Å². The molecule has 64 valence electrons. The van der Waals surface area contributed by atoms with E-state index in [0.717, 1.165) is 19.5 Å². The van der Waals surface area contributed by atoms with Crippen LogP contribution in [0.3, 0.4) is 0 Å². The molecule has 2 N–H and O–H groups in total. The van der Waals surface area contributed by atoms with Crippen molar-refractivity contribution in [3.63, 3.8) is 0 Å². The van der Waals surface area contributed by atoms with Crippen LogP contribution in [0, 0.1) is 0 Å². The lowest BCUT2D eigenvalue weighted by molar-refractivity contribution is -0.139. The summed E-state index contributed by atoms with van der Waals surface area (Å²) < 4.78 is 4.77. The van der Waals surface area contributed by atoms with Gasteiger partial charge in [-0.25, -0.2) is 0 Å². The number of esters is 1. The van der Waals surface area contributed by atoms with E-state index in [1.54, 1.807) is 0 Å². The summed E-state index contributed by atoms with van der Waals surface area (Å²) in [6.07, 6.45) is 0.808. The summed E-state index contributed by atoms with van der Waals surface area (Å²) in [5, 5.41) is 6.09. The van der Waals surface area contributed by atoms with Gasteiger partial charge in [-0.2, -0.15) is 0 Å². The predicted molar refractivity (Wildman–Crippen MR) is 41.3 cm³/mol. The number of carbonyl (C=O) groups excluding carboxylic acids is 1.